The third-order valence-corrected chi connectivity index (χ3v) is 2.21. The van der Waals surface area contributed by atoms with Crippen LogP contribution in [0.4, 0.5) is 5.69 Å². The van der Waals surface area contributed by atoms with Gasteiger partial charge in [-0.25, -0.2) is 0 Å². The van der Waals surface area contributed by atoms with Crippen LogP contribution in [-0.4, -0.2) is 5.45 Å². The quantitative estimate of drug-likeness (QED) is 0.611. The molecule has 1 N–H and O–H groups in total. The second-order valence-electron chi connectivity index (χ2n) is 2.22. The Morgan fingerprint density at radius 2 is 2.27 bits per heavy atom. The van der Waals surface area contributed by atoms with E-state index >= 15 is 0 Å². The highest BCUT2D eigenvalue weighted by Crippen LogP contribution is 2.22. The second-order valence-corrected chi connectivity index (χ2v) is 3.19. The van der Waals surface area contributed by atoms with E-state index in [1.807, 2.05) is 25.1 Å². The van der Waals surface area contributed by atoms with Crippen molar-refractivity contribution in [3.8, 4) is 0 Å². The van der Waals surface area contributed by atoms with Gasteiger partial charge in [-0.15, -0.1) is 0 Å². The van der Waals surface area contributed by atoms with E-state index in [9.17, 15) is 0 Å². The van der Waals surface area contributed by atoms with Gasteiger partial charge in [0, 0.05) is 10.7 Å². The Hall–Kier alpha value is -0.210. The Balaban J connectivity index is 2.96. The Kier molecular flexibility index (Phi) is 3.21. The van der Waals surface area contributed by atoms with Crippen LogP contribution in [0.3, 0.4) is 0 Å². The van der Waals surface area contributed by atoms with Crippen LogP contribution in [0.1, 0.15) is 5.56 Å². The molecule has 0 saturated heterocycles. The van der Waals surface area contributed by atoms with Crippen LogP contribution in [0.2, 0.25) is 5.02 Å². The van der Waals surface area contributed by atoms with Crippen molar-refractivity contribution in [2.45, 2.75) is 6.92 Å². The normalized spacial score (nSPS) is 9.73. The van der Waals surface area contributed by atoms with E-state index < -0.39 is 0 Å². The first kappa shape index (κ1) is 8.88. The van der Waals surface area contributed by atoms with Crippen LogP contribution >= 0.6 is 27.5 Å². The molecule has 0 fully saturated rings. The zero-order valence-corrected chi connectivity index (χ0v) is 8.54. The number of anilines is 1. The van der Waals surface area contributed by atoms with Gasteiger partial charge in [0.25, 0.3) is 0 Å². The summed E-state index contributed by atoms with van der Waals surface area (Å²) < 4.78 is 0. The van der Waals surface area contributed by atoms with Crippen LogP contribution in [0.15, 0.2) is 18.2 Å². The van der Waals surface area contributed by atoms with Crippen LogP contribution < -0.4 is 5.32 Å². The van der Waals surface area contributed by atoms with Gasteiger partial charge in [0.05, 0.1) is 5.45 Å². The van der Waals surface area contributed by atoms with Gasteiger partial charge in [0.15, 0.2) is 0 Å². The topological polar surface area (TPSA) is 12.0 Å². The summed E-state index contributed by atoms with van der Waals surface area (Å²) in [5.74, 6) is 0. The van der Waals surface area contributed by atoms with E-state index in [1.165, 1.54) is 0 Å². The molecule has 0 radical (unpaired) electrons. The van der Waals surface area contributed by atoms with E-state index in [4.69, 9.17) is 11.6 Å². The van der Waals surface area contributed by atoms with Crippen LogP contribution in [0.25, 0.3) is 0 Å². The lowest BCUT2D eigenvalue weighted by Gasteiger charge is -2.06. The summed E-state index contributed by atoms with van der Waals surface area (Å²) in [5, 5.41) is 3.95. The van der Waals surface area contributed by atoms with Gasteiger partial charge in [-0.2, -0.15) is 0 Å². The third kappa shape index (κ3) is 2.11. The molecule has 0 heterocycles. The Morgan fingerprint density at radius 1 is 1.55 bits per heavy atom. The Labute approximate surface area is 79.9 Å². The fourth-order valence-corrected chi connectivity index (χ4v) is 1.35. The van der Waals surface area contributed by atoms with Crippen LogP contribution in [0, 0.1) is 6.92 Å². The molecule has 0 amide bonds. The molecule has 1 rings (SSSR count). The maximum absolute atomic E-state index is 5.89. The molecular formula is C8H9BrClN. The molecular weight excluding hydrogens is 225 g/mol. The fourth-order valence-electron chi connectivity index (χ4n) is 0.871. The van der Waals surface area contributed by atoms with E-state index in [0.717, 1.165) is 21.7 Å². The van der Waals surface area contributed by atoms with Gasteiger partial charge >= 0.3 is 0 Å². The highest BCUT2D eigenvalue weighted by atomic mass is 79.9. The first-order chi connectivity index (χ1) is 5.25. The maximum Gasteiger partial charge on any atom is 0.0707 e. The van der Waals surface area contributed by atoms with Crippen molar-refractivity contribution < 1.29 is 0 Å². The number of halogens is 2. The standard InChI is InChI=1S/C8H9BrClN/c1-6-7(10)3-2-4-8(6)11-5-9/h2-4,11H,5H2,1H3. The molecule has 0 unspecified atom stereocenters. The van der Waals surface area contributed by atoms with Gasteiger partial charge in [-0.1, -0.05) is 33.6 Å². The van der Waals surface area contributed by atoms with Crippen molar-refractivity contribution in [3.05, 3.63) is 28.8 Å². The van der Waals surface area contributed by atoms with Crippen molar-refractivity contribution >= 4 is 33.2 Å². The highest BCUT2D eigenvalue weighted by molar-refractivity contribution is 9.09. The zero-order chi connectivity index (χ0) is 8.27. The number of alkyl halides is 1. The lowest BCUT2D eigenvalue weighted by Crippen LogP contribution is -1.95. The number of hydrogen-bond acceptors (Lipinski definition) is 1. The van der Waals surface area contributed by atoms with E-state index in [0.29, 0.717) is 0 Å². The highest BCUT2D eigenvalue weighted by Gasteiger charge is 1.98. The number of rotatable bonds is 2. The average Bonchev–Trinajstić information content (AvgIpc) is 1.99. The lowest BCUT2D eigenvalue weighted by atomic mass is 10.2. The van der Waals surface area contributed by atoms with Crippen molar-refractivity contribution in [1.82, 2.24) is 0 Å². The summed E-state index contributed by atoms with van der Waals surface area (Å²) in [5.41, 5.74) is 2.91. The van der Waals surface area contributed by atoms with Gasteiger partial charge < -0.3 is 5.32 Å². The molecule has 1 nitrogen and oxygen atoms in total. The van der Waals surface area contributed by atoms with E-state index in [-0.39, 0.29) is 0 Å². The predicted molar refractivity (Wildman–Crippen MR) is 53.6 cm³/mol. The van der Waals surface area contributed by atoms with E-state index in [1.54, 1.807) is 0 Å². The third-order valence-electron chi connectivity index (χ3n) is 1.52. The zero-order valence-electron chi connectivity index (χ0n) is 6.20. The molecule has 0 atom stereocenters. The fraction of sp³-hybridized carbons (Fsp3) is 0.250. The van der Waals surface area contributed by atoms with Gasteiger partial charge in [-0.3, -0.25) is 0 Å². The molecule has 0 aliphatic heterocycles. The van der Waals surface area contributed by atoms with Crippen molar-refractivity contribution in [2.75, 3.05) is 10.8 Å². The summed E-state index contributed by atoms with van der Waals surface area (Å²) >= 11 is 9.18. The minimum atomic E-state index is 0.744. The van der Waals surface area contributed by atoms with Gasteiger partial charge in [0.2, 0.25) is 0 Å². The average molecular weight is 235 g/mol. The van der Waals surface area contributed by atoms with Crippen molar-refractivity contribution in [1.29, 1.82) is 0 Å². The first-order valence-electron chi connectivity index (χ1n) is 3.30. The summed E-state index contributed by atoms with van der Waals surface area (Å²) in [4.78, 5) is 0. The number of nitrogens with one attached hydrogen (secondary N) is 1. The summed E-state index contributed by atoms with van der Waals surface area (Å²) in [6.45, 7) is 1.99. The van der Waals surface area contributed by atoms with Crippen LogP contribution in [-0.2, 0) is 0 Å². The molecule has 0 aromatic heterocycles. The van der Waals surface area contributed by atoms with Crippen molar-refractivity contribution in [2.24, 2.45) is 0 Å². The second kappa shape index (κ2) is 3.98. The molecule has 0 bridgehead atoms. The molecule has 0 aliphatic carbocycles. The number of benzene rings is 1. The Morgan fingerprint density at radius 3 is 2.91 bits per heavy atom. The monoisotopic (exact) mass is 233 g/mol. The molecule has 1 aromatic rings. The summed E-state index contributed by atoms with van der Waals surface area (Å²) in [6, 6.07) is 5.82. The van der Waals surface area contributed by atoms with E-state index in [2.05, 4.69) is 21.2 Å². The molecule has 1 aromatic carbocycles. The smallest absolute Gasteiger partial charge is 0.0707 e. The largest absolute Gasteiger partial charge is 0.375 e. The summed E-state index contributed by atoms with van der Waals surface area (Å²) in [7, 11) is 0. The SMILES string of the molecule is Cc1c(Cl)cccc1NCBr. The maximum atomic E-state index is 5.89. The van der Waals surface area contributed by atoms with Crippen LogP contribution in [0.5, 0.6) is 0 Å². The first-order valence-corrected chi connectivity index (χ1v) is 4.80. The van der Waals surface area contributed by atoms with Gasteiger partial charge in [0.1, 0.15) is 0 Å². The summed E-state index contributed by atoms with van der Waals surface area (Å²) in [6.07, 6.45) is 0. The van der Waals surface area contributed by atoms with Crippen molar-refractivity contribution in [3.63, 3.8) is 0 Å². The predicted octanol–water partition coefficient (Wildman–Crippen LogP) is 3.41. The molecule has 60 valence electrons. The lowest BCUT2D eigenvalue weighted by molar-refractivity contribution is 1.39. The molecule has 3 heteroatoms. The molecule has 0 saturated carbocycles. The molecule has 0 spiro atoms. The molecule has 0 aliphatic rings. The van der Waals surface area contributed by atoms with Gasteiger partial charge in [-0.05, 0) is 24.6 Å². The number of hydrogen-bond donors (Lipinski definition) is 1. The minimum absolute atomic E-state index is 0.744. The molecule has 11 heavy (non-hydrogen) atoms. The Bertz CT molecular complexity index is 250. The minimum Gasteiger partial charge on any atom is -0.375 e.